The van der Waals surface area contributed by atoms with Crippen LogP contribution in [-0.4, -0.2) is 49.3 Å². The number of carbonyl (C=O) groups excluding carboxylic acids is 1. The van der Waals surface area contributed by atoms with E-state index in [1.165, 1.54) is 33.5 Å². The molecule has 152 valence electrons. The van der Waals surface area contributed by atoms with E-state index < -0.39 is 33.7 Å². The van der Waals surface area contributed by atoms with Crippen molar-refractivity contribution in [1.29, 1.82) is 5.26 Å². The predicted molar refractivity (Wildman–Crippen MR) is 101 cm³/mol. The number of nitrogens with zero attached hydrogens (tertiary/aromatic N) is 3. The highest BCUT2D eigenvalue weighted by Gasteiger charge is 2.35. The van der Waals surface area contributed by atoms with Gasteiger partial charge in [-0.1, -0.05) is 0 Å². The van der Waals surface area contributed by atoms with Crippen molar-refractivity contribution in [3.8, 4) is 6.07 Å². The molecular weight excluding hydrogens is 402 g/mol. The van der Waals surface area contributed by atoms with Gasteiger partial charge in [-0.15, -0.1) is 0 Å². The van der Waals surface area contributed by atoms with Crippen molar-refractivity contribution in [1.82, 2.24) is 9.21 Å². The molecule has 2 aromatic rings. The molecule has 3 rings (SSSR count). The molecule has 1 saturated heterocycles. The van der Waals surface area contributed by atoms with Crippen LogP contribution in [0.4, 0.5) is 19.3 Å². The topological polar surface area (TPSA) is 93.5 Å². The number of piperazine rings is 1. The largest absolute Gasteiger partial charge is 0.322 e. The molecule has 1 atom stereocenters. The zero-order chi connectivity index (χ0) is 21.2. The third-order valence-electron chi connectivity index (χ3n) is 4.62. The van der Waals surface area contributed by atoms with Crippen LogP contribution in [0, 0.1) is 23.0 Å². The van der Waals surface area contributed by atoms with Crippen LogP contribution < -0.4 is 5.32 Å². The fraction of sp³-hybridized carbons (Fsp3) is 0.263. The van der Waals surface area contributed by atoms with E-state index >= 15 is 0 Å². The summed E-state index contributed by atoms with van der Waals surface area (Å²) in [5.41, 5.74) is 0.197. The van der Waals surface area contributed by atoms with Crippen molar-refractivity contribution in [3.63, 3.8) is 0 Å². The molecular formula is C19H18F2N4O3S. The predicted octanol–water partition coefficient (Wildman–Crippen LogP) is 2.76. The number of benzene rings is 2. The number of rotatable bonds is 3. The van der Waals surface area contributed by atoms with Gasteiger partial charge in [0.05, 0.1) is 22.2 Å². The Kier molecular flexibility index (Phi) is 5.81. The maximum Gasteiger partial charge on any atom is 0.322 e. The first-order valence-corrected chi connectivity index (χ1v) is 10.2. The van der Waals surface area contributed by atoms with E-state index in [2.05, 4.69) is 5.32 Å². The Balaban J connectivity index is 1.69. The molecule has 29 heavy (non-hydrogen) atoms. The summed E-state index contributed by atoms with van der Waals surface area (Å²) < 4.78 is 53.8. The number of hydrogen-bond acceptors (Lipinski definition) is 4. The number of anilines is 1. The lowest BCUT2D eigenvalue weighted by Gasteiger charge is -2.38. The first kappa shape index (κ1) is 20.7. The minimum atomic E-state index is -3.79. The first-order chi connectivity index (χ1) is 13.7. The van der Waals surface area contributed by atoms with Crippen molar-refractivity contribution < 1.29 is 22.0 Å². The van der Waals surface area contributed by atoms with Crippen molar-refractivity contribution >= 4 is 21.7 Å². The van der Waals surface area contributed by atoms with Crippen LogP contribution >= 0.6 is 0 Å². The molecule has 2 amide bonds. The van der Waals surface area contributed by atoms with Crippen LogP contribution in [0.2, 0.25) is 0 Å². The molecule has 1 aliphatic rings. The van der Waals surface area contributed by atoms with Gasteiger partial charge in [0.25, 0.3) is 0 Å². The number of carbonyl (C=O) groups is 1. The second-order valence-electron chi connectivity index (χ2n) is 6.60. The summed E-state index contributed by atoms with van der Waals surface area (Å²) in [6.07, 6.45) is 0. The van der Waals surface area contributed by atoms with Gasteiger partial charge in [0.1, 0.15) is 11.6 Å². The third kappa shape index (κ3) is 4.36. The molecule has 1 N–H and O–H groups in total. The smallest absolute Gasteiger partial charge is 0.322 e. The maximum absolute atomic E-state index is 13.7. The summed E-state index contributed by atoms with van der Waals surface area (Å²) in [4.78, 5) is 13.8. The average molecular weight is 420 g/mol. The number of nitrogens with one attached hydrogen (secondary N) is 1. The summed E-state index contributed by atoms with van der Waals surface area (Å²) in [6, 6.07) is 9.24. The number of urea groups is 1. The molecule has 0 unspecified atom stereocenters. The molecule has 10 heteroatoms. The van der Waals surface area contributed by atoms with Gasteiger partial charge in [0.2, 0.25) is 10.0 Å². The van der Waals surface area contributed by atoms with Crippen LogP contribution in [0.15, 0.2) is 47.4 Å². The first-order valence-electron chi connectivity index (χ1n) is 8.75. The summed E-state index contributed by atoms with van der Waals surface area (Å²) >= 11 is 0. The molecule has 0 spiro atoms. The second kappa shape index (κ2) is 8.14. The molecule has 7 nitrogen and oxygen atoms in total. The van der Waals surface area contributed by atoms with Crippen LogP contribution in [-0.2, 0) is 10.0 Å². The van der Waals surface area contributed by atoms with Gasteiger partial charge in [-0.05, 0) is 43.3 Å². The Labute approximate surface area is 167 Å². The summed E-state index contributed by atoms with van der Waals surface area (Å²) in [5, 5.41) is 11.2. The lowest BCUT2D eigenvalue weighted by atomic mass is 10.2. The minimum absolute atomic E-state index is 0.0584. The highest BCUT2D eigenvalue weighted by atomic mass is 32.2. The van der Waals surface area contributed by atoms with E-state index in [0.29, 0.717) is 11.6 Å². The molecule has 0 radical (unpaired) electrons. The van der Waals surface area contributed by atoms with E-state index in [-0.39, 0.29) is 30.2 Å². The zero-order valence-electron chi connectivity index (χ0n) is 15.5. The van der Waals surface area contributed by atoms with E-state index in [9.17, 15) is 22.0 Å². The fourth-order valence-corrected chi connectivity index (χ4v) is 4.72. The lowest BCUT2D eigenvalue weighted by molar-refractivity contribution is 0.157. The highest BCUT2D eigenvalue weighted by Crippen LogP contribution is 2.23. The SMILES string of the molecule is C[C@H]1CN(C(=O)Nc2ccc(F)cc2F)CCN1S(=O)(=O)c1ccc(C#N)cc1. The molecule has 0 saturated carbocycles. The monoisotopic (exact) mass is 420 g/mol. The van der Waals surface area contributed by atoms with Gasteiger partial charge < -0.3 is 10.2 Å². The lowest BCUT2D eigenvalue weighted by Crippen LogP contribution is -2.56. The Morgan fingerprint density at radius 1 is 1.17 bits per heavy atom. The number of hydrogen-bond donors (Lipinski definition) is 1. The van der Waals surface area contributed by atoms with Crippen LogP contribution in [0.5, 0.6) is 0 Å². The molecule has 0 aliphatic carbocycles. The number of halogens is 2. The Morgan fingerprint density at radius 2 is 1.86 bits per heavy atom. The quantitative estimate of drug-likeness (QED) is 0.826. The maximum atomic E-state index is 13.7. The minimum Gasteiger partial charge on any atom is -0.322 e. The van der Waals surface area contributed by atoms with Crippen molar-refractivity contribution in [2.45, 2.75) is 17.9 Å². The Hall–Kier alpha value is -3.03. The van der Waals surface area contributed by atoms with E-state index in [0.717, 1.165) is 12.1 Å². The van der Waals surface area contributed by atoms with E-state index in [1.807, 2.05) is 6.07 Å². The normalized spacial score (nSPS) is 17.6. The number of sulfonamides is 1. The van der Waals surface area contributed by atoms with Gasteiger partial charge in [-0.3, -0.25) is 0 Å². The molecule has 0 bridgehead atoms. The second-order valence-corrected chi connectivity index (χ2v) is 8.49. The molecule has 1 heterocycles. The van der Waals surface area contributed by atoms with Crippen molar-refractivity contribution in [2.75, 3.05) is 25.0 Å². The van der Waals surface area contributed by atoms with E-state index in [4.69, 9.17) is 5.26 Å². The van der Waals surface area contributed by atoms with Gasteiger partial charge in [0, 0.05) is 31.7 Å². The Bertz CT molecular complexity index is 1070. The number of nitriles is 1. The summed E-state index contributed by atoms with van der Waals surface area (Å²) in [7, 11) is -3.79. The van der Waals surface area contributed by atoms with E-state index in [1.54, 1.807) is 6.92 Å². The molecule has 1 fully saturated rings. The molecule has 0 aromatic heterocycles. The van der Waals surface area contributed by atoms with Gasteiger partial charge in [0.15, 0.2) is 0 Å². The van der Waals surface area contributed by atoms with Crippen LogP contribution in [0.25, 0.3) is 0 Å². The highest BCUT2D eigenvalue weighted by molar-refractivity contribution is 7.89. The average Bonchev–Trinajstić information content (AvgIpc) is 2.69. The summed E-state index contributed by atoms with van der Waals surface area (Å²) in [5.74, 6) is -1.65. The van der Waals surface area contributed by atoms with Crippen LogP contribution in [0.3, 0.4) is 0 Å². The fourth-order valence-electron chi connectivity index (χ4n) is 3.10. The zero-order valence-corrected chi connectivity index (χ0v) is 16.3. The third-order valence-corrected chi connectivity index (χ3v) is 6.64. The standard InChI is InChI=1S/C19H18F2N4O3S/c1-13-12-24(19(26)23-18-7-4-15(20)10-17(18)21)8-9-25(13)29(27,28)16-5-2-14(11-22)3-6-16/h2-7,10,13H,8-9,12H2,1H3,(H,23,26)/t13-/m0/s1. The Morgan fingerprint density at radius 3 is 2.45 bits per heavy atom. The van der Waals surface area contributed by atoms with Gasteiger partial charge >= 0.3 is 6.03 Å². The molecule has 1 aliphatic heterocycles. The van der Waals surface area contributed by atoms with Gasteiger partial charge in [-0.25, -0.2) is 22.0 Å². The van der Waals surface area contributed by atoms with Crippen molar-refractivity contribution in [2.24, 2.45) is 0 Å². The number of amides is 2. The molecule has 2 aromatic carbocycles. The van der Waals surface area contributed by atoms with Gasteiger partial charge in [-0.2, -0.15) is 9.57 Å². The van der Waals surface area contributed by atoms with Crippen molar-refractivity contribution in [3.05, 3.63) is 59.7 Å². The summed E-state index contributed by atoms with van der Waals surface area (Å²) in [6.45, 7) is 1.93. The van der Waals surface area contributed by atoms with Crippen LogP contribution in [0.1, 0.15) is 12.5 Å².